The van der Waals surface area contributed by atoms with E-state index in [-0.39, 0.29) is 11.7 Å². The first-order valence-corrected chi connectivity index (χ1v) is 8.51. The van der Waals surface area contributed by atoms with Crippen molar-refractivity contribution in [1.29, 1.82) is 0 Å². The molecule has 0 aromatic heterocycles. The van der Waals surface area contributed by atoms with E-state index in [2.05, 4.69) is 6.92 Å². The lowest BCUT2D eigenvalue weighted by Crippen LogP contribution is -2.08. The molecule has 0 saturated carbocycles. The highest BCUT2D eigenvalue weighted by molar-refractivity contribution is 6.26. The minimum atomic E-state index is -0.175. The molecule has 2 aromatic carbocycles. The van der Waals surface area contributed by atoms with Crippen LogP contribution < -0.4 is 10.5 Å². The molecule has 0 bridgehead atoms. The fourth-order valence-corrected chi connectivity index (χ4v) is 3.11. The molecule has 0 heterocycles. The third-order valence-corrected chi connectivity index (χ3v) is 4.40. The van der Waals surface area contributed by atoms with E-state index in [1.54, 1.807) is 0 Å². The van der Waals surface area contributed by atoms with E-state index in [0.29, 0.717) is 24.3 Å². The Kier molecular flexibility index (Phi) is 4.99. The van der Waals surface area contributed by atoms with E-state index < -0.39 is 0 Å². The predicted molar refractivity (Wildman–Crippen MR) is 96.8 cm³/mol. The summed E-state index contributed by atoms with van der Waals surface area (Å²) in [5.74, 6) is 0.715. The maximum Gasteiger partial charge on any atom is 0.173 e. The fraction of sp³-hybridized carbons (Fsp3) is 0.286. The van der Waals surface area contributed by atoms with Gasteiger partial charge in [-0.2, -0.15) is 0 Å². The van der Waals surface area contributed by atoms with Crippen LogP contribution in [0.2, 0.25) is 0 Å². The Morgan fingerprint density at radius 1 is 1.12 bits per heavy atom. The van der Waals surface area contributed by atoms with Gasteiger partial charge in [0.25, 0.3) is 0 Å². The van der Waals surface area contributed by atoms with Crippen LogP contribution in [-0.4, -0.2) is 12.4 Å². The van der Waals surface area contributed by atoms with Gasteiger partial charge in [0.2, 0.25) is 0 Å². The zero-order chi connectivity index (χ0) is 16.9. The Labute approximate surface area is 143 Å². The van der Waals surface area contributed by atoms with E-state index in [1.165, 1.54) is 0 Å². The second-order valence-corrected chi connectivity index (χ2v) is 6.16. The van der Waals surface area contributed by atoms with Crippen molar-refractivity contribution < 1.29 is 9.53 Å². The Morgan fingerprint density at radius 2 is 1.92 bits per heavy atom. The van der Waals surface area contributed by atoms with Crippen LogP contribution >= 0.6 is 0 Å². The molecule has 3 heteroatoms. The number of Topliss-reactive ketones (excluding diaryl/α,β-unsaturated/α-hetero) is 1. The molecule has 2 N–H and O–H groups in total. The molecule has 1 unspecified atom stereocenters. The minimum Gasteiger partial charge on any atom is -0.494 e. The van der Waals surface area contributed by atoms with Crippen LogP contribution in [0.15, 0.2) is 60.3 Å². The molecule has 0 saturated heterocycles. The molecule has 3 nitrogen and oxygen atoms in total. The molecule has 3 rings (SSSR count). The fourth-order valence-electron chi connectivity index (χ4n) is 3.11. The zero-order valence-electron chi connectivity index (χ0n) is 14.0. The van der Waals surface area contributed by atoms with Gasteiger partial charge in [-0.3, -0.25) is 4.79 Å². The van der Waals surface area contributed by atoms with E-state index in [9.17, 15) is 4.79 Å². The normalized spacial score (nSPS) is 17.4. The lowest BCUT2D eigenvalue weighted by atomic mass is 9.93. The van der Waals surface area contributed by atoms with E-state index >= 15 is 0 Å². The van der Waals surface area contributed by atoms with Crippen molar-refractivity contribution in [2.24, 2.45) is 5.73 Å². The number of nitrogens with two attached hydrogens (primary N) is 1. The number of hydrogen-bond acceptors (Lipinski definition) is 3. The van der Waals surface area contributed by atoms with E-state index in [4.69, 9.17) is 10.5 Å². The highest BCUT2D eigenvalue weighted by Gasteiger charge is 2.33. The SMILES string of the molecule is CCCCOc1cccc(C2=C(N)CC(c3ccccc3)C2=O)c1. The lowest BCUT2D eigenvalue weighted by molar-refractivity contribution is -0.114. The Morgan fingerprint density at radius 3 is 2.67 bits per heavy atom. The van der Waals surface area contributed by atoms with Crippen LogP contribution in [0.25, 0.3) is 5.57 Å². The molecule has 1 aliphatic rings. The van der Waals surface area contributed by atoms with Gasteiger partial charge in [0.1, 0.15) is 5.75 Å². The van der Waals surface area contributed by atoms with Crippen molar-refractivity contribution in [2.75, 3.05) is 6.61 Å². The summed E-state index contributed by atoms with van der Waals surface area (Å²) in [6, 6.07) is 17.5. The van der Waals surface area contributed by atoms with Crippen LogP contribution in [-0.2, 0) is 4.79 Å². The predicted octanol–water partition coefficient (Wildman–Crippen LogP) is 4.29. The molecule has 1 atom stereocenters. The molecule has 1 aliphatic carbocycles. The first-order valence-electron chi connectivity index (χ1n) is 8.51. The van der Waals surface area contributed by atoms with E-state index in [1.807, 2.05) is 54.6 Å². The van der Waals surface area contributed by atoms with Gasteiger partial charge in [-0.15, -0.1) is 0 Å². The minimum absolute atomic E-state index is 0.101. The first-order chi connectivity index (χ1) is 11.7. The van der Waals surface area contributed by atoms with Gasteiger partial charge < -0.3 is 10.5 Å². The number of carbonyl (C=O) groups is 1. The summed E-state index contributed by atoms with van der Waals surface area (Å²) in [7, 11) is 0. The van der Waals surface area contributed by atoms with Crippen LogP contribution in [0.4, 0.5) is 0 Å². The monoisotopic (exact) mass is 321 g/mol. The maximum absolute atomic E-state index is 12.9. The molecule has 124 valence electrons. The van der Waals surface area contributed by atoms with Gasteiger partial charge in [-0.1, -0.05) is 55.8 Å². The van der Waals surface area contributed by atoms with Gasteiger partial charge >= 0.3 is 0 Å². The summed E-state index contributed by atoms with van der Waals surface area (Å²) in [5.41, 5.74) is 9.40. The van der Waals surface area contributed by atoms with Gasteiger partial charge in [0.15, 0.2) is 5.78 Å². The summed E-state index contributed by atoms with van der Waals surface area (Å²) >= 11 is 0. The second kappa shape index (κ2) is 7.35. The van der Waals surface area contributed by atoms with Crippen molar-refractivity contribution in [1.82, 2.24) is 0 Å². The molecule has 0 fully saturated rings. The largest absolute Gasteiger partial charge is 0.494 e. The average Bonchev–Trinajstić information content (AvgIpc) is 2.91. The van der Waals surface area contributed by atoms with Crippen LogP contribution in [0.1, 0.15) is 43.2 Å². The van der Waals surface area contributed by atoms with Gasteiger partial charge in [-0.05, 0) is 29.7 Å². The molecule has 0 spiro atoms. The molecule has 0 amide bonds. The Hall–Kier alpha value is -2.55. The number of ether oxygens (including phenoxy) is 1. The smallest absolute Gasteiger partial charge is 0.173 e. The Bertz CT molecular complexity index is 749. The highest BCUT2D eigenvalue weighted by Crippen LogP contribution is 2.38. The van der Waals surface area contributed by atoms with Crippen molar-refractivity contribution in [3.63, 3.8) is 0 Å². The molecule has 0 radical (unpaired) electrons. The lowest BCUT2D eigenvalue weighted by Gasteiger charge is -2.10. The summed E-state index contributed by atoms with van der Waals surface area (Å²) in [6.07, 6.45) is 2.69. The number of unbranched alkanes of at least 4 members (excludes halogenated alkanes) is 1. The number of allylic oxidation sites excluding steroid dienone is 2. The third-order valence-electron chi connectivity index (χ3n) is 4.40. The average molecular weight is 321 g/mol. The van der Waals surface area contributed by atoms with Gasteiger partial charge in [0, 0.05) is 17.7 Å². The Balaban J connectivity index is 1.83. The number of hydrogen-bond donors (Lipinski definition) is 1. The topological polar surface area (TPSA) is 52.3 Å². The van der Waals surface area contributed by atoms with Gasteiger partial charge in [0.05, 0.1) is 12.5 Å². The molecular formula is C21H23NO2. The van der Waals surface area contributed by atoms with Crippen LogP contribution in [0.5, 0.6) is 5.75 Å². The molecule has 24 heavy (non-hydrogen) atoms. The number of carbonyl (C=O) groups excluding carboxylic acids is 1. The molecule has 2 aromatic rings. The van der Waals surface area contributed by atoms with Gasteiger partial charge in [-0.25, -0.2) is 0 Å². The first kappa shape index (κ1) is 16.3. The van der Waals surface area contributed by atoms with Crippen molar-refractivity contribution in [3.8, 4) is 5.75 Å². The standard InChI is InChI=1S/C21H23NO2/c1-2-3-12-24-17-11-7-10-16(13-17)20-19(22)14-18(21(20)23)15-8-5-4-6-9-15/h4-11,13,18H,2-3,12,14,22H2,1H3. The van der Waals surface area contributed by atoms with Crippen molar-refractivity contribution in [2.45, 2.75) is 32.1 Å². The van der Waals surface area contributed by atoms with Crippen molar-refractivity contribution in [3.05, 3.63) is 71.4 Å². The second-order valence-electron chi connectivity index (χ2n) is 6.16. The molecular weight excluding hydrogens is 298 g/mol. The van der Waals surface area contributed by atoms with Crippen molar-refractivity contribution >= 4 is 11.4 Å². The molecule has 0 aliphatic heterocycles. The van der Waals surface area contributed by atoms with Crippen LogP contribution in [0, 0.1) is 0 Å². The van der Waals surface area contributed by atoms with Crippen LogP contribution in [0.3, 0.4) is 0 Å². The highest BCUT2D eigenvalue weighted by atomic mass is 16.5. The van der Waals surface area contributed by atoms with E-state index in [0.717, 1.165) is 29.7 Å². The maximum atomic E-state index is 12.9. The zero-order valence-corrected chi connectivity index (χ0v) is 14.0. The quantitative estimate of drug-likeness (QED) is 0.807. The summed E-state index contributed by atoms with van der Waals surface area (Å²) in [6.45, 7) is 2.82. The third kappa shape index (κ3) is 3.35. The number of ketones is 1. The summed E-state index contributed by atoms with van der Waals surface area (Å²) in [4.78, 5) is 12.9. The number of rotatable bonds is 6. The number of benzene rings is 2. The summed E-state index contributed by atoms with van der Waals surface area (Å²) < 4.78 is 5.75. The summed E-state index contributed by atoms with van der Waals surface area (Å²) in [5, 5.41) is 0.